The first-order valence-corrected chi connectivity index (χ1v) is 4.94. The van der Waals surface area contributed by atoms with Gasteiger partial charge >= 0.3 is 5.76 Å². The summed E-state index contributed by atoms with van der Waals surface area (Å²) in [5, 5.41) is 3.60. The quantitative estimate of drug-likeness (QED) is 0.844. The molecule has 0 aliphatic heterocycles. The summed E-state index contributed by atoms with van der Waals surface area (Å²) in [6.07, 6.45) is 0. The van der Waals surface area contributed by atoms with Crippen LogP contribution in [0, 0.1) is 0 Å². The van der Waals surface area contributed by atoms with Gasteiger partial charge in [-0.15, -0.1) is 0 Å². The van der Waals surface area contributed by atoms with E-state index in [4.69, 9.17) is 16.0 Å². The van der Waals surface area contributed by atoms with E-state index in [1.54, 1.807) is 19.2 Å². The first-order chi connectivity index (χ1) is 7.13. The number of nitrogens with zero attached hydrogens (tertiary/aromatic N) is 1. The van der Waals surface area contributed by atoms with Crippen molar-refractivity contribution in [2.24, 2.45) is 7.05 Å². The molecule has 0 spiro atoms. The number of hydrogen-bond donors (Lipinski definition) is 1. The molecule has 0 saturated carbocycles. The number of nitrogens with one attached hydrogen (secondary N) is 1. The molecule has 0 aliphatic rings. The normalized spacial score (nSPS) is 11.1. The minimum atomic E-state index is -0.371. The summed E-state index contributed by atoms with van der Waals surface area (Å²) in [6, 6.07) is 3.52. The standard InChI is InChI=1S/C10H11ClN2O2/c1-12-5-6-3-7(11)4-8-9(6)15-10(14)13(8)2/h3-4,12H,5H2,1-2H3. The smallest absolute Gasteiger partial charge is 0.407 e. The lowest BCUT2D eigenvalue weighted by Gasteiger charge is -2.01. The molecular formula is C10H11ClN2O2. The lowest BCUT2D eigenvalue weighted by atomic mass is 10.2. The Bertz CT molecular complexity index is 556. The third-order valence-electron chi connectivity index (χ3n) is 2.30. The van der Waals surface area contributed by atoms with Crippen LogP contribution < -0.4 is 11.1 Å². The molecule has 0 amide bonds. The van der Waals surface area contributed by atoms with Gasteiger partial charge in [-0.25, -0.2) is 4.79 Å². The Balaban J connectivity index is 2.80. The van der Waals surface area contributed by atoms with Gasteiger partial charge in [0.25, 0.3) is 0 Å². The lowest BCUT2D eigenvalue weighted by Crippen LogP contribution is -2.08. The van der Waals surface area contributed by atoms with Crippen molar-refractivity contribution in [3.63, 3.8) is 0 Å². The highest BCUT2D eigenvalue weighted by atomic mass is 35.5. The van der Waals surface area contributed by atoms with Crippen LogP contribution in [0.5, 0.6) is 0 Å². The highest BCUT2D eigenvalue weighted by Crippen LogP contribution is 2.22. The van der Waals surface area contributed by atoms with Crippen LogP contribution in [0.15, 0.2) is 21.3 Å². The monoisotopic (exact) mass is 226 g/mol. The summed E-state index contributed by atoms with van der Waals surface area (Å²) in [7, 11) is 3.49. The van der Waals surface area contributed by atoms with Crippen LogP contribution in [0.2, 0.25) is 5.02 Å². The van der Waals surface area contributed by atoms with Crippen LogP contribution in [0.1, 0.15) is 5.56 Å². The molecule has 1 aromatic carbocycles. The highest BCUT2D eigenvalue weighted by Gasteiger charge is 2.11. The van der Waals surface area contributed by atoms with Crippen molar-refractivity contribution in [1.29, 1.82) is 0 Å². The van der Waals surface area contributed by atoms with E-state index in [0.717, 1.165) is 11.1 Å². The Hall–Kier alpha value is -1.26. The Morgan fingerprint density at radius 2 is 2.27 bits per heavy atom. The molecule has 1 aromatic heterocycles. The average molecular weight is 227 g/mol. The fourth-order valence-electron chi connectivity index (χ4n) is 1.58. The lowest BCUT2D eigenvalue weighted by molar-refractivity contribution is 0.524. The molecule has 1 N–H and O–H groups in total. The van der Waals surface area contributed by atoms with Crippen molar-refractivity contribution < 1.29 is 4.42 Å². The van der Waals surface area contributed by atoms with E-state index < -0.39 is 0 Å². The number of benzene rings is 1. The van der Waals surface area contributed by atoms with Crippen molar-refractivity contribution in [3.05, 3.63) is 33.3 Å². The first kappa shape index (κ1) is 10.3. The molecule has 0 saturated heterocycles. The molecule has 0 fully saturated rings. The van der Waals surface area contributed by atoms with Gasteiger partial charge in [-0.05, 0) is 19.2 Å². The van der Waals surface area contributed by atoms with Crippen molar-refractivity contribution in [1.82, 2.24) is 9.88 Å². The second-order valence-electron chi connectivity index (χ2n) is 3.37. The predicted molar refractivity (Wildman–Crippen MR) is 59.2 cm³/mol. The SMILES string of the molecule is CNCc1cc(Cl)cc2c1oc(=O)n2C. The molecule has 1 heterocycles. The van der Waals surface area contributed by atoms with Gasteiger partial charge in [0.2, 0.25) is 0 Å². The molecular weight excluding hydrogens is 216 g/mol. The topological polar surface area (TPSA) is 47.2 Å². The molecule has 15 heavy (non-hydrogen) atoms. The van der Waals surface area contributed by atoms with Gasteiger partial charge in [0.1, 0.15) is 0 Å². The number of hydrogen-bond acceptors (Lipinski definition) is 3. The zero-order chi connectivity index (χ0) is 11.0. The van der Waals surface area contributed by atoms with E-state index in [1.807, 2.05) is 7.05 Å². The average Bonchev–Trinajstić information content (AvgIpc) is 2.46. The van der Waals surface area contributed by atoms with E-state index in [2.05, 4.69) is 5.32 Å². The number of fused-ring (bicyclic) bond motifs is 1. The van der Waals surface area contributed by atoms with Crippen molar-refractivity contribution in [2.75, 3.05) is 7.05 Å². The highest BCUT2D eigenvalue weighted by molar-refractivity contribution is 6.31. The van der Waals surface area contributed by atoms with Gasteiger partial charge in [-0.3, -0.25) is 4.57 Å². The Morgan fingerprint density at radius 1 is 1.53 bits per heavy atom. The Kier molecular flexibility index (Phi) is 2.54. The van der Waals surface area contributed by atoms with E-state index in [9.17, 15) is 4.79 Å². The van der Waals surface area contributed by atoms with Crippen molar-refractivity contribution >= 4 is 22.7 Å². The molecule has 2 rings (SSSR count). The largest absolute Gasteiger partial charge is 0.419 e. The molecule has 80 valence electrons. The summed E-state index contributed by atoms with van der Waals surface area (Å²) in [5.41, 5.74) is 2.21. The molecule has 4 nitrogen and oxygen atoms in total. The summed E-state index contributed by atoms with van der Waals surface area (Å²) in [6.45, 7) is 0.615. The summed E-state index contributed by atoms with van der Waals surface area (Å²) in [4.78, 5) is 11.3. The van der Waals surface area contributed by atoms with Crippen LogP contribution in [0.4, 0.5) is 0 Å². The Labute approximate surface area is 91.4 Å². The van der Waals surface area contributed by atoms with Crippen LogP contribution in [0.25, 0.3) is 11.1 Å². The van der Waals surface area contributed by atoms with Crippen LogP contribution in [-0.4, -0.2) is 11.6 Å². The van der Waals surface area contributed by atoms with Crippen LogP contribution in [-0.2, 0) is 13.6 Å². The molecule has 2 aromatic rings. The second kappa shape index (κ2) is 3.72. The number of halogens is 1. The maximum absolute atomic E-state index is 11.3. The zero-order valence-electron chi connectivity index (χ0n) is 8.50. The fraction of sp³-hybridized carbons (Fsp3) is 0.300. The maximum Gasteiger partial charge on any atom is 0.419 e. The maximum atomic E-state index is 11.3. The number of oxazole rings is 1. The van der Waals surface area contributed by atoms with Gasteiger partial charge < -0.3 is 9.73 Å². The van der Waals surface area contributed by atoms with E-state index >= 15 is 0 Å². The third-order valence-corrected chi connectivity index (χ3v) is 2.52. The number of rotatable bonds is 2. The van der Waals surface area contributed by atoms with Gasteiger partial charge in [0.15, 0.2) is 5.58 Å². The predicted octanol–water partition coefficient (Wildman–Crippen LogP) is 1.50. The second-order valence-corrected chi connectivity index (χ2v) is 3.81. The van der Waals surface area contributed by atoms with E-state index in [0.29, 0.717) is 17.2 Å². The summed E-state index contributed by atoms with van der Waals surface area (Å²) in [5.74, 6) is -0.371. The molecule has 0 radical (unpaired) electrons. The minimum absolute atomic E-state index is 0.371. The molecule has 0 unspecified atom stereocenters. The van der Waals surface area contributed by atoms with Crippen molar-refractivity contribution in [3.8, 4) is 0 Å². The van der Waals surface area contributed by atoms with E-state index in [-0.39, 0.29) is 5.76 Å². The summed E-state index contributed by atoms with van der Waals surface area (Å²) >= 11 is 5.96. The number of aromatic nitrogens is 1. The Morgan fingerprint density at radius 3 is 2.93 bits per heavy atom. The fourth-order valence-corrected chi connectivity index (χ4v) is 1.81. The molecule has 0 bridgehead atoms. The van der Waals surface area contributed by atoms with Crippen molar-refractivity contribution in [2.45, 2.75) is 6.54 Å². The van der Waals surface area contributed by atoms with Gasteiger partial charge in [0, 0.05) is 24.2 Å². The number of aryl methyl sites for hydroxylation is 1. The molecule has 5 heteroatoms. The third kappa shape index (κ3) is 1.66. The summed E-state index contributed by atoms with van der Waals surface area (Å²) < 4.78 is 6.59. The van der Waals surface area contributed by atoms with Gasteiger partial charge in [-0.1, -0.05) is 11.6 Å². The molecule has 0 atom stereocenters. The van der Waals surface area contributed by atoms with Gasteiger partial charge in [-0.2, -0.15) is 0 Å². The van der Waals surface area contributed by atoms with Crippen LogP contribution >= 0.6 is 11.6 Å². The van der Waals surface area contributed by atoms with E-state index in [1.165, 1.54) is 4.57 Å². The molecule has 0 aliphatic carbocycles. The minimum Gasteiger partial charge on any atom is -0.407 e. The first-order valence-electron chi connectivity index (χ1n) is 4.56. The zero-order valence-corrected chi connectivity index (χ0v) is 9.26. The van der Waals surface area contributed by atoms with Gasteiger partial charge in [0.05, 0.1) is 5.52 Å². The van der Waals surface area contributed by atoms with Crippen LogP contribution in [0.3, 0.4) is 0 Å².